The number of ketones is 1. The largest absolute Gasteiger partial charge is 0.490 e. The van der Waals surface area contributed by atoms with Crippen LogP contribution in [0.2, 0.25) is 0 Å². The molecule has 134 valence electrons. The standard InChI is InChI=1S/C16H18N2O7/c1-24-13-7-6-10(8-11(13)18(22)23)16(21)17-9-15(20)25-14-5-3-2-4-12(14)19/h6-8,14H,2-5,9H2,1H3,(H,17,21)/t14-/m1/s1. The molecule has 0 radical (unpaired) electrons. The highest BCUT2D eigenvalue weighted by molar-refractivity contribution is 5.97. The summed E-state index contributed by atoms with van der Waals surface area (Å²) in [7, 11) is 1.28. The number of nitrogens with one attached hydrogen (secondary N) is 1. The third-order valence-electron chi connectivity index (χ3n) is 3.80. The Morgan fingerprint density at radius 2 is 2.12 bits per heavy atom. The highest BCUT2D eigenvalue weighted by Crippen LogP contribution is 2.27. The monoisotopic (exact) mass is 350 g/mol. The molecule has 0 bridgehead atoms. The SMILES string of the molecule is COc1ccc(C(=O)NCC(=O)O[C@@H]2CCCCC2=O)cc1[N+](=O)[O-]. The van der Waals surface area contributed by atoms with Crippen molar-refractivity contribution >= 4 is 23.3 Å². The molecule has 0 spiro atoms. The van der Waals surface area contributed by atoms with Crippen LogP contribution in [0, 0.1) is 10.1 Å². The van der Waals surface area contributed by atoms with Crippen molar-refractivity contribution in [2.24, 2.45) is 0 Å². The molecule has 1 aromatic carbocycles. The van der Waals surface area contributed by atoms with Crippen LogP contribution in [0.3, 0.4) is 0 Å². The van der Waals surface area contributed by atoms with E-state index in [1.165, 1.54) is 19.2 Å². The molecule has 0 aromatic heterocycles. The van der Waals surface area contributed by atoms with E-state index in [1.54, 1.807) is 0 Å². The van der Waals surface area contributed by atoms with Gasteiger partial charge in [0.2, 0.25) is 0 Å². The van der Waals surface area contributed by atoms with E-state index < -0.39 is 29.4 Å². The summed E-state index contributed by atoms with van der Waals surface area (Å²) in [6.45, 7) is -0.428. The number of esters is 1. The summed E-state index contributed by atoms with van der Waals surface area (Å²) >= 11 is 0. The summed E-state index contributed by atoms with van der Waals surface area (Å²) in [5, 5.41) is 13.3. The second-order valence-electron chi connectivity index (χ2n) is 5.52. The van der Waals surface area contributed by atoms with Crippen LogP contribution < -0.4 is 10.1 Å². The first kappa shape index (κ1) is 18.4. The highest BCUT2D eigenvalue weighted by atomic mass is 16.6. The lowest BCUT2D eigenvalue weighted by atomic mass is 9.96. The normalized spacial score (nSPS) is 16.8. The van der Waals surface area contributed by atoms with Crippen LogP contribution in [0.15, 0.2) is 18.2 Å². The topological polar surface area (TPSA) is 125 Å². The molecular formula is C16H18N2O7. The molecule has 25 heavy (non-hydrogen) atoms. The molecule has 9 heteroatoms. The van der Waals surface area contributed by atoms with Crippen molar-refractivity contribution in [1.82, 2.24) is 5.32 Å². The summed E-state index contributed by atoms with van der Waals surface area (Å²) < 4.78 is 9.91. The molecule has 1 aromatic rings. The van der Waals surface area contributed by atoms with Crippen molar-refractivity contribution in [3.05, 3.63) is 33.9 Å². The third-order valence-corrected chi connectivity index (χ3v) is 3.80. The lowest BCUT2D eigenvalue weighted by molar-refractivity contribution is -0.385. The van der Waals surface area contributed by atoms with Gasteiger partial charge < -0.3 is 14.8 Å². The second-order valence-corrected chi connectivity index (χ2v) is 5.52. The number of nitro groups is 1. The van der Waals surface area contributed by atoms with E-state index in [-0.39, 0.29) is 22.8 Å². The van der Waals surface area contributed by atoms with Crippen LogP contribution in [-0.2, 0) is 14.3 Å². The van der Waals surface area contributed by atoms with Gasteiger partial charge in [-0.25, -0.2) is 0 Å². The van der Waals surface area contributed by atoms with E-state index in [0.717, 1.165) is 18.9 Å². The Hall–Kier alpha value is -2.97. The average molecular weight is 350 g/mol. The zero-order valence-corrected chi connectivity index (χ0v) is 13.6. The van der Waals surface area contributed by atoms with Gasteiger partial charge in [0, 0.05) is 18.1 Å². The molecule has 1 amide bonds. The molecule has 1 atom stereocenters. The van der Waals surface area contributed by atoms with Gasteiger partial charge >= 0.3 is 11.7 Å². The Morgan fingerprint density at radius 1 is 1.36 bits per heavy atom. The summed E-state index contributed by atoms with van der Waals surface area (Å²) in [5.74, 6) is -1.48. The molecule has 1 aliphatic rings. The van der Waals surface area contributed by atoms with Gasteiger partial charge in [0.25, 0.3) is 5.91 Å². The molecule has 0 heterocycles. The molecule has 2 rings (SSSR count). The second kappa shape index (κ2) is 8.22. The number of hydrogen-bond acceptors (Lipinski definition) is 7. The maximum atomic E-state index is 12.0. The molecular weight excluding hydrogens is 332 g/mol. The van der Waals surface area contributed by atoms with Crippen molar-refractivity contribution in [2.75, 3.05) is 13.7 Å². The van der Waals surface area contributed by atoms with Gasteiger partial charge in [-0.05, 0) is 31.4 Å². The predicted molar refractivity (Wildman–Crippen MR) is 85.3 cm³/mol. The maximum Gasteiger partial charge on any atom is 0.326 e. The summed E-state index contributed by atoms with van der Waals surface area (Å²) in [6.07, 6.45) is 1.73. The van der Waals surface area contributed by atoms with Crippen LogP contribution in [0.1, 0.15) is 36.0 Å². The minimum Gasteiger partial charge on any atom is -0.490 e. The Morgan fingerprint density at radius 3 is 2.76 bits per heavy atom. The van der Waals surface area contributed by atoms with E-state index in [9.17, 15) is 24.5 Å². The predicted octanol–water partition coefficient (Wildman–Crippen LogP) is 1.39. The van der Waals surface area contributed by atoms with Crippen LogP contribution >= 0.6 is 0 Å². The summed E-state index contributed by atoms with van der Waals surface area (Å²) in [5.41, 5.74) is -0.348. The van der Waals surface area contributed by atoms with Crippen molar-refractivity contribution < 1.29 is 28.8 Å². The fourth-order valence-corrected chi connectivity index (χ4v) is 2.50. The number of methoxy groups -OCH3 is 1. The van der Waals surface area contributed by atoms with Crippen LogP contribution in [-0.4, -0.2) is 42.3 Å². The number of amides is 1. The summed E-state index contributed by atoms with van der Waals surface area (Å²) in [6, 6.07) is 3.70. The summed E-state index contributed by atoms with van der Waals surface area (Å²) in [4.78, 5) is 45.7. The molecule has 9 nitrogen and oxygen atoms in total. The number of hydrogen-bond donors (Lipinski definition) is 1. The minimum atomic E-state index is -0.750. The lowest BCUT2D eigenvalue weighted by Crippen LogP contribution is -2.36. The van der Waals surface area contributed by atoms with Gasteiger partial charge in [-0.1, -0.05) is 0 Å². The van der Waals surface area contributed by atoms with Crippen molar-refractivity contribution in [3.63, 3.8) is 0 Å². The third kappa shape index (κ3) is 4.75. The van der Waals surface area contributed by atoms with Gasteiger partial charge in [-0.2, -0.15) is 0 Å². The molecule has 1 saturated carbocycles. The van der Waals surface area contributed by atoms with E-state index >= 15 is 0 Å². The Kier molecular flexibility index (Phi) is 6.04. The number of Topliss-reactive ketones (excluding diaryl/α,β-unsaturated/α-hetero) is 1. The molecule has 0 aliphatic heterocycles. The lowest BCUT2D eigenvalue weighted by Gasteiger charge is -2.20. The number of ether oxygens (including phenoxy) is 2. The van der Waals surface area contributed by atoms with Gasteiger partial charge in [-0.15, -0.1) is 0 Å². The van der Waals surface area contributed by atoms with Crippen LogP contribution in [0.4, 0.5) is 5.69 Å². The fraction of sp³-hybridized carbons (Fsp3) is 0.438. The number of nitro benzene ring substituents is 1. The zero-order valence-electron chi connectivity index (χ0n) is 13.6. The molecule has 0 unspecified atom stereocenters. The molecule has 0 saturated heterocycles. The van der Waals surface area contributed by atoms with Crippen LogP contribution in [0.5, 0.6) is 5.75 Å². The van der Waals surface area contributed by atoms with Gasteiger partial charge in [0.15, 0.2) is 17.6 Å². The zero-order chi connectivity index (χ0) is 18.4. The smallest absolute Gasteiger partial charge is 0.326 e. The number of carbonyl (C=O) groups is 3. The first-order chi connectivity index (χ1) is 11.9. The first-order valence-electron chi connectivity index (χ1n) is 7.75. The molecule has 1 fully saturated rings. The quantitative estimate of drug-likeness (QED) is 0.467. The highest BCUT2D eigenvalue weighted by Gasteiger charge is 2.26. The van der Waals surface area contributed by atoms with Gasteiger partial charge in [0.1, 0.15) is 6.54 Å². The van der Waals surface area contributed by atoms with Crippen molar-refractivity contribution in [1.29, 1.82) is 0 Å². The fourth-order valence-electron chi connectivity index (χ4n) is 2.50. The van der Waals surface area contributed by atoms with E-state index in [2.05, 4.69) is 5.32 Å². The number of carbonyl (C=O) groups excluding carboxylic acids is 3. The Balaban J connectivity index is 1.93. The number of benzene rings is 1. The Labute approximate surface area is 143 Å². The van der Waals surface area contributed by atoms with E-state index in [0.29, 0.717) is 12.8 Å². The average Bonchev–Trinajstić information content (AvgIpc) is 2.61. The van der Waals surface area contributed by atoms with Crippen molar-refractivity contribution in [3.8, 4) is 5.75 Å². The number of nitrogens with zero attached hydrogens (tertiary/aromatic N) is 1. The molecule has 1 aliphatic carbocycles. The molecule has 1 N–H and O–H groups in total. The number of rotatable bonds is 6. The van der Waals surface area contributed by atoms with Crippen molar-refractivity contribution in [2.45, 2.75) is 31.8 Å². The van der Waals surface area contributed by atoms with Gasteiger partial charge in [0.05, 0.1) is 12.0 Å². The first-order valence-corrected chi connectivity index (χ1v) is 7.75. The minimum absolute atomic E-state index is 0.00837. The van der Waals surface area contributed by atoms with Crippen LogP contribution in [0.25, 0.3) is 0 Å². The Bertz CT molecular complexity index is 702. The van der Waals surface area contributed by atoms with E-state index in [1.807, 2.05) is 0 Å². The maximum absolute atomic E-state index is 12.0. The van der Waals surface area contributed by atoms with Gasteiger partial charge in [-0.3, -0.25) is 24.5 Å². The van der Waals surface area contributed by atoms with E-state index in [4.69, 9.17) is 9.47 Å².